The van der Waals surface area contributed by atoms with Gasteiger partial charge in [0.05, 0.1) is 15.9 Å². The molecule has 1 aliphatic heterocycles. The second kappa shape index (κ2) is 7.72. The van der Waals surface area contributed by atoms with E-state index in [1.54, 1.807) is 6.21 Å². The molecule has 32 heavy (non-hydrogen) atoms. The Hall–Kier alpha value is -3.79. The van der Waals surface area contributed by atoms with E-state index in [9.17, 15) is 20.2 Å². The van der Waals surface area contributed by atoms with Gasteiger partial charge in [-0.25, -0.2) is 0 Å². The average molecular weight is 434 g/mol. The van der Waals surface area contributed by atoms with Crippen LogP contribution in [0.4, 0.5) is 17.1 Å². The number of anilines is 1. The maximum Gasteiger partial charge on any atom is 0.301 e. The van der Waals surface area contributed by atoms with E-state index < -0.39 is 9.85 Å². The standard InChI is InChI=1S/C22H22N6O4/c1-26-12-13(10-24-25-18-6-5-15(27(29)30)9-21(18)28(31)32)7-17-16-3-2-4-19-22(16)14(11-23-19)8-20(17)26/h2-6,9-11,13,17,20,23,25H,7-8,12H2,1H3/b24-10+/t13-,17+,20+/m0/s1. The van der Waals surface area contributed by atoms with E-state index in [4.69, 9.17) is 0 Å². The van der Waals surface area contributed by atoms with Crippen molar-refractivity contribution < 1.29 is 9.85 Å². The minimum atomic E-state index is -0.658. The second-order valence-electron chi connectivity index (χ2n) is 8.50. The van der Waals surface area contributed by atoms with Crippen LogP contribution in [0.1, 0.15) is 23.5 Å². The monoisotopic (exact) mass is 434 g/mol. The summed E-state index contributed by atoms with van der Waals surface area (Å²) in [6, 6.07) is 10.3. The van der Waals surface area contributed by atoms with E-state index in [0.717, 1.165) is 25.5 Å². The van der Waals surface area contributed by atoms with Crippen molar-refractivity contribution in [2.24, 2.45) is 11.0 Å². The van der Waals surface area contributed by atoms with E-state index >= 15 is 0 Å². The number of hydrogen-bond acceptors (Lipinski definition) is 7. The van der Waals surface area contributed by atoms with Gasteiger partial charge >= 0.3 is 5.69 Å². The van der Waals surface area contributed by atoms with E-state index in [1.807, 2.05) is 0 Å². The van der Waals surface area contributed by atoms with Gasteiger partial charge in [-0.3, -0.25) is 25.7 Å². The maximum absolute atomic E-state index is 11.3. The van der Waals surface area contributed by atoms with Crippen molar-refractivity contribution in [2.75, 3.05) is 19.0 Å². The van der Waals surface area contributed by atoms with Crippen LogP contribution in [0.2, 0.25) is 0 Å². The third-order valence-corrected chi connectivity index (χ3v) is 6.62. The number of piperidine rings is 1. The smallest absolute Gasteiger partial charge is 0.301 e. The molecule has 2 N–H and O–H groups in total. The van der Waals surface area contributed by atoms with E-state index in [-0.39, 0.29) is 23.0 Å². The Morgan fingerprint density at radius 2 is 2.06 bits per heavy atom. The van der Waals surface area contributed by atoms with Crippen molar-refractivity contribution >= 4 is 34.2 Å². The van der Waals surface area contributed by atoms with E-state index in [1.165, 1.54) is 34.2 Å². The molecule has 2 heterocycles. The van der Waals surface area contributed by atoms with Crippen LogP contribution in [-0.2, 0) is 6.42 Å². The predicted molar refractivity (Wildman–Crippen MR) is 121 cm³/mol. The van der Waals surface area contributed by atoms with Crippen LogP contribution in [0.5, 0.6) is 0 Å². The summed E-state index contributed by atoms with van der Waals surface area (Å²) in [4.78, 5) is 26.7. The highest BCUT2D eigenvalue weighted by Gasteiger charge is 2.38. The molecule has 1 fully saturated rings. The number of rotatable bonds is 5. The van der Waals surface area contributed by atoms with Crippen LogP contribution in [0.3, 0.4) is 0 Å². The van der Waals surface area contributed by atoms with Crippen molar-refractivity contribution in [3.63, 3.8) is 0 Å². The van der Waals surface area contributed by atoms with Gasteiger partial charge in [0.25, 0.3) is 5.69 Å². The molecule has 10 heteroatoms. The topological polar surface area (TPSA) is 130 Å². The number of nitro benzene ring substituents is 2. The highest BCUT2D eigenvalue weighted by Crippen LogP contribution is 2.44. The first-order valence-corrected chi connectivity index (χ1v) is 10.4. The highest BCUT2D eigenvalue weighted by molar-refractivity contribution is 5.88. The zero-order valence-electron chi connectivity index (χ0n) is 17.4. The summed E-state index contributed by atoms with van der Waals surface area (Å²) < 4.78 is 0. The molecule has 1 saturated heterocycles. The lowest BCUT2D eigenvalue weighted by Crippen LogP contribution is -2.48. The Morgan fingerprint density at radius 1 is 1.22 bits per heavy atom. The van der Waals surface area contributed by atoms with Gasteiger partial charge in [0, 0.05) is 53.8 Å². The molecule has 0 spiro atoms. The minimum Gasteiger partial charge on any atom is -0.361 e. The van der Waals surface area contributed by atoms with Gasteiger partial charge in [-0.2, -0.15) is 5.10 Å². The summed E-state index contributed by atoms with van der Waals surface area (Å²) in [7, 11) is 2.13. The van der Waals surface area contributed by atoms with Gasteiger partial charge < -0.3 is 9.88 Å². The molecule has 0 bridgehead atoms. The Morgan fingerprint density at radius 3 is 2.84 bits per heavy atom. The Kier molecular flexibility index (Phi) is 4.86. The zero-order valence-corrected chi connectivity index (χ0v) is 17.4. The van der Waals surface area contributed by atoms with E-state index in [2.05, 4.69) is 51.9 Å². The van der Waals surface area contributed by atoms with Crippen molar-refractivity contribution in [3.05, 3.63) is 74.0 Å². The van der Waals surface area contributed by atoms with Crippen LogP contribution in [0, 0.1) is 26.1 Å². The predicted octanol–water partition coefficient (Wildman–Crippen LogP) is 4.04. The van der Waals surface area contributed by atoms with Crippen LogP contribution in [0.25, 0.3) is 10.9 Å². The average Bonchev–Trinajstić information content (AvgIpc) is 3.19. The summed E-state index contributed by atoms with van der Waals surface area (Å²) in [6.07, 6.45) is 5.86. The number of non-ortho nitro benzene ring substituents is 1. The normalized spacial score (nSPS) is 22.7. The Balaban J connectivity index is 1.36. The number of likely N-dealkylation sites (tertiary alicyclic amines) is 1. The van der Waals surface area contributed by atoms with Crippen molar-refractivity contribution in [1.29, 1.82) is 0 Å². The summed E-state index contributed by atoms with van der Waals surface area (Å²) in [6.45, 7) is 0.838. The summed E-state index contributed by atoms with van der Waals surface area (Å²) >= 11 is 0. The molecule has 0 amide bonds. The van der Waals surface area contributed by atoms with Gasteiger partial charge in [0.1, 0.15) is 5.69 Å². The first-order valence-electron chi connectivity index (χ1n) is 10.4. The summed E-state index contributed by atoms with van der Waals surface area (Å²) in [5.41, 5.74) is 6.01. The van der Waals surface area contributed by atoms with Gasteiger partial charge in [0.15, 0.2) is 0 Å². The third kappa shape index (κ3) is 3.38. The molecule has 2 aromatic carbocycles. The summed E-state index contributed by atoms with van der Waals surface area (Å²) in [5, 5.41) is 27.8. The SMILES string of the molecule is CN1C[C@H](/C=N/Nc2ccc([N+](=O)[O-])cc2[N+](=O)[O-])C[C@@H]2c3cccc4[nH]cc(c34)C[C@H]21. The Bertz CT molecular complexity index is 1250. The molecule has 0 saturated carbocycles. The molecule has 10 nitrogen and oxygen atoms in total. The van der Waals surface area contributed by atoms with Crippen molar-refractivity contribution in [2.45, 2.75) is 24.8 Å². The van der Waals surface area contributed by atoms with Crippen molar-refractivity contribution in [1.82, 2.24) is 9.88 Å². The molecule has 3 aromatic rings. The lowest BCUT2D eigenvalue weighted by molar-refractivity contribution is -0.393. The first-order chi connectivity index (χ1) is 15.4. The zero-order chi connectivity index (χ0) is 22.4. The Labute approximate surface area is 183 Å². The molecule has 0 radical (unpaired) electrons. The molecule has 164 valence electrons. The van der Waals surface area contributed by atoms with Gasteiger partial charge in [-0.15, -0.1) is 0 Å². The van der Waals surface area contributed by atoms with Crippen LogP contribution < -0.4 is 5.43 Å². The molecule has 5 rings (SSSR count). The largest absolute Gasteiger partial charge is 0.361 e. The van der Waals surface area contributed by atoms with Crippen molar-refractivity contribution in [3.8, 4) is 0 Å². The number of hydrogen-bond donors (Lipinski definition) is 2. The fourth-order valence-electron chi connectivity index (χ4n) is 5.18. The minimum absolute atomic E-state index is 0.123. The number of likely N-dealkylation sites (N-methyl/N-ethyl adjacent to an activating group) is 1. The highest BCUT2D eigenvalue weighted by atomic mass is 16.6. The quantitative estimate of drug-likeness (QED) is 0.354. The maximum atomic E-state index is 11.3. The van der Waals surface area contributed by atoms with Gasteiger partial charge in [-0.05, 0) is 43.1 Å². The van der Waals surface area contributed by atoms with Gasteiger partial charge in [-0.1, -0.05) is 12.1 Å². The molecule has 0 unspecified atom stereocenters. The number of H-pyrrole nitrogens is 1. The molecular formula is C22H22N6O4. The van der Waals surface area contributed by atoms with Crippen LogP contribution in [-0.4, -0.2) is 45.6 Å². The lowest BCUT2D eigenvalue weighted by Gasteiger charge is -2.44. The molecule has 1 aliphatic carbocycles. The number of nitrogens with zero attached hydrogens (tertiary/aromatic N) is 4. The third-order valence-electron chi connectivity index (χ3n) is 6.62. The first kappa shape index (κ1) is 20.1. The number of fused-ring (bicyclic) bond motifs is 2. The molecule has 3 atom stereocenters. The lowest BCUT2D eigenvalue weighted by atomic mass is 9.73. The van der Waals surface area contributed by atoms with Crippen LogP contribution in [0.15, 0.2) is 47.7 Å². The van der Waals surface area contributed by atoms with E-state index in [0.29, 0.717) is 12.0 Å². The summed E-state index contributed by atoms with van der Waals surface area (Å²) in [5.74, 6) is 0.549. The van der Waals surface area contributed by atoms with Crippen LogP contribution >= 0.6 is 0 Å². The van der Waals surface area contributed by atoms with Gasteiger partial charge in [0.2, 0.25) is 0 Å². The number of benzene rings is 2. The number of nitrogens with one attached hydrogen (secondary N) is 2. The molecular weight excluding hydrogens is 412 g/mol. The number of aromatic amines is 1. The number of aromatic nitrogens is 1. The number of hydrazone groups is 1. The molecule has 1 aromatic heterocycles. The molecule has 2 aliphatic rings. The fourth-order valence-corrected chi connectivity index (χ4v) is 5.18. The second-order valence-corrected chi connectivity index (χ2v) is 8.50. The fraction of sp³-hybridized carbons (Fsp3) is 0.318. The number of nitro groups is 2.